The molecule has 1 fully saturated rings. The van der Waals surface area contributed by atoms with Gasteiger partial charge in [0, 0.05) is 29.3 Å². The maximum atomic E-state index is 10.1. The molecule has 0 unspecified atom stereocenters. The first-order valence-electron chi connectivity index (χ1n) is 5.90. The molecule has 1 aliphatic heterocycles. The molecule has 1 aliphatic rings. The van der Waals surface area contributed by atoms with Crippen LogP contribution in [0.5, 0.6) is 5.75 Å². The van der Waals surface area contributed by atoms with Gasteiger partial charge in [0.25, 0.3) is 0 Å². The van der Waals surface area contributed by atoms with E-state index in [1.54, 1.807) is 12.1 Å². The number of nitrogens with zero attached hydrogens (tertiary/aromatic N) is 1. The van der Waals surface area contributed by atoms with Crippen LogP contribution in [-0.4, -0.2) is 18.3 Å². The number of halogens is 2. The van der Waals surface area contributed by atoms with Crippen LogP contribution in [0.4, 0.5) is 0 Å². The van der Waals surface area contributed by atoms with Crippen molar-refractivity contribution in [3.05, 3.63) is 27.7 Å². The first-order valence-corrected chi connectivity index (χ1v) is 6.69. The van der Waals surface area contributed by atoms with Crippen LogP contribution in [0.25, 0.3) is 0 Å². The quantitative estimate of drug-likeness (QED) is 0.862. The smallest absolute Gasteiger partial charge is 0.139 e. The van der Waals surface area contributed by atoms with Gasteiger partial charge >= 0.3 is 0 Å². The van der Waals surface area contributed by atoms with Gasteiger partial charge in [-0.25, -0.2) is 0 Å². The summed E-state index contributed by atoms with van der Waals surface area (Å²) in [5.41, 5.74) is 7.13. The molecule has 0 bridgehead atoms. The fraction of sp³-hybridized carbons (Fsp3) is 0.462. The van der Waals surface area contributed by atoms with Crippen LogP contribution in [0.2, 0.25) is 0 Å². The molecule has 1 aromatic carbocycles. The Morgan fingerprint density at radius 3 is 2.63 bits per heavy atom. The second kappa shape index (κ2) is 7.11. The number of rotatable bonds is 2. The Hall–Kier alpha value is -0.800. The molecule has 0 radical (unpaired) electrons. The molecule has 0 saturated carbocycles. The summed E-state index contributed by atoms with van der Waals surface area (Å²) in [6.07, 6.45) is 1.76. The van der Waals surface area contributed by atoms with Gasteiger partial charge in [-0.1, -0.05) is 15.9 Å². The Labute approximate surface area is 127 Å². The summed E-state index contributed by atoms with van der Waals surface area (Å²) in [4.78, 5) is 0. The summed E-state index contributed by atoms with van der Waals surface area (Å²) in [5.74, 6) is 0.265. The lowest BCUT2D eigenvalue weighted by atomic mass is 9.87. The van der Waals surface area contributed by atoms with E-state index in [-0.39, 0.29) is 35.7 Å². The number of phenols is 1. The number of benzene rings is 1. The van der Waals surface area contributed by atoms with E-state index in [0.29, 0.717) is 18.8 Å². The second-order valence-electron chi connectivity index (χ2n) is 4.44. The van der Waals surface area contributed by atoms with Gasteiger partial charge in [0.2, 0.25) is 0 Å². The van der Waals surface area contributed by atoms with Crippen molar-refractivity contribution < 1.29 is 9.84 Å². The number of aromatic hydroxyl groups is 1. The zero-order chi connectivity index (χ0) is 13.1. The molecule has 104 valence electrons. The third kappa shape index (κ3) is 3.40. The molecule has 1 atom stereocenters. The van der Waals surface area contributed by atoms with Gasteiger partial charge in [-0.05, 0) is 30.9 Å². The third-order valence-corrected chi connectivity index (χ3v) is 4.08. The molecule has 1 aromatic rings. The third-order valence-electron chi connectivity index (χ3n) is 3.39. The second-order valence-corrected chi connectivity index (χ2v) is 5.30. The van der Waals surface area contributed by atoms with Crippen molar-refractivity contribution in [2.24, 2.45) is 11.7 Å². The van der Waals surface area contributed by atoms with Crippen LogP contribution in [0, 0.1) is 17.2 Å². The van der Waals surface area contributed by atoms with Crippen LogP contribution in [-0.2, 0) is 4.74 Å². The highest BCUT2D eigenvalue weighted by Gasteiger charge is 2.27. The fourth-order valence-electron chi connectivity index (χ4n) is 2.30. The minimum atomic E-state index is -0.281. The monoisotopic (exact) mass is 346 g/mol. The summed E-state index contributed by atoms with van der Waals surface area (Å²) in [7, 11) is 0. The van der Waals surface area contributed by atoms with Crippen LogP contribution in [0.15, 0.2) is 16.6 Å². The molecule has 0 amide bonds. The van der Waals surface area contributed by atoms with E-state index in [0.717, 1.165) is 17.3 Å². The van der Waals surface area contributed by atoms with Crippen LogP contribution >= 0.6 is 28.3 Å². The van der Waals surface area contributed by atoms with Crippen molar-refractivity contribution in [1.82, 2.24) is 0 Å². The molecule has 1 saturated heterocycles. The predicted octanol–water partition coefficient (Wildman–Crippen LogP) is 2.87. The van der Waals surface area contributed by atoms with Crippen molar-refractivity contribution in [3.8, 4) is 11.8 Å². The normalized spacial score (nSPS) is 17.3. The average molecular weight is 348 g/mol. The van der Waals surface area contributed by atoms with Crippen molar-refractivity contribution in [3.63, 3.8) is 0 Å². The lowest BCUT2D eigenvalue weighted by Gasteiger charge is -2.29. The summed E-state index contributed by atoms with van der Waals surface area (Å²) in [6, 6.07) is 5.03. The zero-order valence-corrected chi connectivity index (χ0v) is 12.7. The van der Waals surface area contributed by atoms with Gasteiger partial charge < -0.3 is 15.6 Å². The number of ether oxygens (including phenoxy) is 1. The Morgan fingerprint density at radius 2 is 2.05 bits per heavy atom. The highest BCUT2D eigenvalue weighted by Crippen LogP contribution is 2.38. The van der Waals surface area contributed by atoms with E-state index in [9.17, 15) is 5.11 Å². The van der Waals surface area contributed by atoms with E-state index in [1.807, 2.05) is 6.07 Å². The Kier molecular flexibility index (Phi) is 6.08. The number of hydrogen-bond donors (Lipinski definition) is 2. The Morgan fingerprint density at radius 1 is 1.42 bits per heavy atom. The average Bonchev–Trinajstić information content (AvgIpc) is 2.40. The number of phenolic OH excluding ortho intramolecular Hbond substituents is 1. The molecular weight excluding hydrogens is 332 g/mol. The zero-order valence-electron chi connectivity index (χ0n) is 10.3. The van der Waals surface area contributed by atoms with Crippen molar-refractivity contribution in [2.75, 3.05) is 13.2 Å². The molecule has 0 aromatic heterocycles. The van der Waals surface area contributed by atoms with E-state index >= 15 is 0 Å². The van der Waals surface area contributed by atoms with Gasteiger partial charge in [0.1, 0.15) is 11.8 Å². The van der Waals surface area contributed by atoms with Crippen molar-refractivity contribution >= 4 is 28.3 Å². The maximum Gasteiger partial charge on any atom is 0.139 e. The predicted molar refractivity (Wildman–Crippen MR) is 78.2 cm³/mol. The largest absolute Gasteiger partial charge is 0.506 e. The van der Waals surface area contributed by atoms with E-state index in [4.69, 9.17) is 15.7 Å². The summed E-state index contributed by atoms with van der Waals surface area (Å²) in [6.45, 7) is 1.41. The summed E-state index contributed by atoms with van der Waals surface area (Å²) in [5, 5.41) is 19.0. The van der Waals surface area contributed by atoms with Gasteiger partial charge in [0.15, 0.2) is 0 Å². The van der Waals surface area contributed by atoms with Crippen molar-refractivity contribution in [1.29, 1.82) is 5.26 Å². The van der Waals surface area contributed by atoms with E-state index in [1.165, 1.54) is 0 Å². The molecule has 2 rings (SSSR count). The van der Waals surface area contributed by atoms with Gasteiger partial charge in [0.05, 0.1) is 5.56 Å². The van der Waals surface area contributed by atoms with E-state index < -0.39 is 0 Å². The SMILES string of the molecule is Cl.N#Cc1ccc(Br)c([C@@H](N)C2CCOCC2)c1O. The fourth-order valence-corrected chi connectivity index (χ4v) is 2.89. The number of hydrogen-bond acceptors (Lipinski definition) is 4. The maximum absolute atomic E-state index is 10.1. The van der Waals surface area contributed by atoms with Crippen LogP contribution < -0.4 is 5.73 Å². The molecule has 19 heavy (non-hydrogen) atoms. The summed E-state index contributed by atoms with van der Waals surface area (Å²) < 4.78 is 6.06. The standard InChI is InChI=1S/C13H15BrN2O2.ClH/c14-10-2-1-9(7-15)13(17)11(10)12(16)8-3-5-18-6-4-8;/h1-2,8,12,17H,3-6,16H2;1H/t12-;/m0./s1. The minimum absolute atomic E-state index is 0. The first kappa shape index (κ1) is 16.3. The molecule has 0 aliphatic carbocycles. The first-order chi connectivity index (χ1) is 8.65. The molecule has 4 nitrogen and oxygen atoms in total. The van der Waals surface area contributed by atoms with Crippen molar-refractivity contribution in [2.45, 2.75) is 18.9 Å². The Balaban J connectivity index is 0.00000180. The summed E-state index contributed by atoms with van der Waals surface area (Å²) >= 11 is 3.40. The number of nitriles is 1. The molecule has 3 N–H and O–H groups in total. The lowest BCUT2D eigenvalue weighted by molar-refractivity contribution is 0.0580. The Bertz CT molecular complexity index is 484. The van der Waals surface area contributed by atoms with Gasteiger partial charge in [-0.15, -0.1) is 12.4 Å². The molecule has 6 heteroatoms. The lowest BCUT2D eigenvalue weighted by Crippen LogP contribution is -2.27. The highest BCUT2D eigenvalue weighted by molar-refractivity contribution is 9.10. The van der Waals surface area contributed by atoms with Gasteiger partial charge in [-0.2, -0.15) is 5.26 Å². The minimum Gasteiger partial charge on any atom is -0.506 e. The molecule has 0 spiro atoms. The van der Waals surface area contributed by atoms with E-state index in [2.05, 4.69) is 15.9 Å². The van der Waals surface area contributed by atoms with Gasteiger partial charge in [-0.3, -0.25) is 0 Å². The topological polar surface area (TPSA) is 79.3 Å². The molecule has 1 heterocycles. The van der Waals surface area contributed by atoms with Crippen LogP contribution in [0.3, 0.4) is 0 Å². The highest BCUT2D eigenvalue weighted by atomic mass is 79.9. The molecular formula is C13H16BrClN2O2. The number of nitrogens with two attached hydrogens (primary N) is 1. The van der Waals surface area contributed by atoms with Crippen LogP contribution in [0.1, 0.15) is 30.0 Å².